The van der Waals surface area contributed by atoms with Gasteiger partial charge in [0.1, 0.15) is 6.04 Å². The zero-order valence-corrected chi connectivity index (χ0v) is 7.84. The van der Waals surface area contributed by atoms with Crippen molar-refractivity contribution in [3.63, 3.8) is 0 Å². The number of hydrogen-bond donors (Lipinski definition) is 1. The molecular weight excluding hydrogens is 178 g/mol. The number of nitrogens with zero attached hydrogens (tertiary/aromatic N) is 2. The van der Waals surface area contributed by atoms with E-state index in [0.717, 1.165) is 5.56 Å². The van der Waals surface area contributed by atoms with Gasteiger partial charge in [0.15, 0.2) is 0 Å². The lowest BCUT2D eigenvalue weighted by molar-refractivity contribution is 0.450. The van der Waals surface area contributed by atoms with Gasteiger partial charge in [0.25, 0.3) is 0 Å². The topological polar surface area (TPSA) is 64.9 Å². The third kappa shape index (κ3) is 1.65. The second-order valence-electron chi connectivity index (χ2n) is 3.05. The summed E-state index contributed by atoms with van der Waals surface area (Å²) in [6, 6.07) is 9.33. The number of benzene rings is 1. The van der Waals surface area contributed by atoms with Gasteiger partial charge in [0, 0.05) is 6.92 Å². The van der Waals surface area contributed by atoms with Gasteiger partial charge in [0.2, 0.25) is 11.8 Å². The van der Waals surface area contributed by atoms with Crippen LogP contribution in [0.25, 0.3) is 0 Å². The molecular formula is C10H11N3O. The second-order valence-corrected chi connectivity index (χ2v) is 3.05. The largest absolute Gasteiger partial charge is 0.424 e. The monoisotopic (exact) mass is 189 g/mol. The molecule has 2 N–H and O–H groups in total. The van der Waals surface area contributed by atoms with Crippen LogP contribution in [0, 0.1) is 6.92 Å². The van der Waals surface area contributed by atoms with Crippen LogP contribution < -0.4 is 5.73 Å². The van der Waals surface area contributed by atoms with Crippen LogP contribution in [0.5, 0.6) is 0 Å². The van der Waals surface area contributed by atoms with E-state index in [1.807, 2.05) is 30.3 Å². The lowest BCUT2D eigenvalue weighted by Gasteiger charge is -2.05. The third-order valence-electron chi connectivity index (χ3n) is 1.97. The molecule has 14 heavy (non-hydrogen) atoms. The third-order valence-corrected chi connectivity index (χ3v) is 1.97. The van der Waals surface area contributed by atoms with Gasteiger partial charge in [-0.05, 0) is 5.56 Å². The van der Waals surface area contributed by atoms with E-state index in [4.69, 9.17) is 10.2 Å². The average Bonchev–Trinajstić information content (AvgIpc) is 2.65. The molecule has 0 bridgehead atoms. The first-order chi connectivity index (χ1) is 6.77. The van der Waals surface area contributed by atoms with Gasteiger partial charge in [-0.2, -0.15) is 0 Å². The molecule has 1 atom stereocenters. The first-order valence-electron chi connectivity index (χ1n) is 4.38. The summed E-state index contributed by atoms with van der Waals surface area (Å²) in [5.41, 5.74) is 6.90. The summed E-state index contributed by atoms with van der Waals surface area (Å²) in [4.78, 5) is 0. The fourth-order valence-electron chi connectivity index (χ4n) is 1.24. The molecule has 0 aliphatic carbocycles. The molecule has 2 rings (SSSR count). The Bertz CT molecular complexity index is 410. The fraction of sp³-hybridized carbons (Fsp3) is 0.200. The number of rotatable bonds is 2. The number of aromatic nitrogens is 2. The van der Waals surface area contributed by atoms with E-state index in [0.29, 0.717) is 11.8 Å². The summed E-state index contributed by atoms with van der Waals surface area (Å²) < 4.78 is 5.25. The lowest BCUT2D eigenvalue weighted by Crippen LogP contribution is -2.11. The van der Waals surface area contributed by atoms with E-state index >= 15 is 0 Å². The average molecular weight is 189 g/mol. The minimum atomic E-state index is -0.336. The molecule has 0 aliphatic heterocycles. The van der Waals surface area contributed by atoms with Crippen LogP contribution in [-0.2, 0) is 0 Å². The standard InChI is InChI=1S/C10H11N3O/c1-7-12-13-10(14-7)9(11)8-5-3-2-4-6-8/h2-6,9H,11H2,1H3. The van der Waals surface area contributed by atoms with Crippen molar-refractivity contribution < 1.29 is 4.42 Å². The Morgan fingerprint density at radius 1 is 1.21 bits per heavy atom. The van der Waals surface area contributed by atoms with E-state index in [-0.39, 0.29) is 6.04 Å². The summed E-state index contributed by atoms with van der Waals surface area (Å²) in [6.07, 6.45) is 0. The molecule has 0 aliphatic rings. The maximum Gasteiger partial charge on any atom is 0.237 e. The predicted molar refractivity (Wildman–Crippen MR) is 51.5 cm³/mol. The number of hydrogen-bond acceptors (Lipinski definition) is 4. The molecule has 4 heteroatoms. The first kappa shape index (κ1) is 8.90. The molecule has 0 fully saturated rings. The minimum absolute atomic E-state index is 0.336. The molecule has 0 radical (unpaired) electrons. The van der Waals surface area contributed by atoms with Crippen LogP contribution in [0.4, 0.5) is 0 Å². The molecule has 2 aromatic rings. The molecule has 1 aromatic carbocycles. The van der Waals surface area contributed by atoms with E-state index in [2.05, 4.69) is 10.2 Å². The lowest BCUT2D eigenvalue weighted by atomic mass is 10.1. The van der Waals surface area contributed by atoms with Crippen LogP contribution in [-0.4, -0.2) is 10.2 Å². The van der Waals surface area contributed by atoms with Crippen LogP contribution in [0.2, 0.25) is 0 Å². The maximum atomic E-state index is 5.93. The Labute approximate surface area is 81.8 Å². The van der Waals surface area contributed by atoms with Crippen molar-refractivity contribution in [2.75, 3.05) is 0 Å². The summed E-state index contributed by atoms with van der Waals surface area (Å²) in [5.74, 6) is 0.986. The van der Waals surface area contributed by atoms with Gasteiger partial charge in [0.05, 0.1) is 0 Å². The van der Waals surface area contributed by atoms with E-state index in [9.17, 15) is 0 Å². The first-order valence-corrected chi connectivity index (χ1v) is 4.38. The van der Waals surface area contributed by atoms with Gasteiger partial charge >= 0.3 is 0 Å². The highest BCUT2D eigenvalue weighted by atomic mass is 16.4. The number of aryl methyl sites for hydroxylation is 1. The molecule has 0 amide bonds. The van der Waals surface area contributed by atoms with Gasteiger partial charge in [-0.3, -0.25) is 0 Å². The van der Waals surface area contributed by atoms with Crippen molar-refractivity contribution in [3.8, 4) is 0 Å². The van der Waals surface area contributed by atoms with Gasteiger partial charge in [-0.25, -0.2) is 0 Å². The summed E-state index contributed by atoms with van der Waals surface area (Å²) in [7, 11) is 0. The predicted octanol–water partition coefficient (Wildman–Crippen LogP) is 1.43. The van der Waals surface area contributed by atoms with Crippen LogP contribution in [0.1, 0.15) is 23.4 Å². The Hall–Kier alpha value is -1.68. The Kier molecular flexibility index (Phi) is 2.28. The van der Waals surface area contributed by atoms with Gasteiger partial charge in [-0.1, -0.05) is 30.3 Å². The zero-order chi connectivity index (χ0) is 9.97. The van der Waals surface area contributed by atoms with Crippen LogP contribution in [0.15, 0.2) is 34.7 Å². The molecule has 0 spiro atoms. The Morgan fingerprint density at radius 2 is 1.93 bits per heavy atom. The molecule has 1 unspecified atom stereocenters. The molecule has 72 valence electrons. The summed E-state index contributed by atoms with van der Waals surface area (Å²) >= 11 is 0. The maximum absolute atomic E-state index is 5.93. The minimum Gasteiger partial charge on any atom is -0.424 e. The molecule has 4 nitrogen and oxygen atoms in total. The van der Waals surface area contributed by atoms with Gasteiger partial charge in [-0.15, -0.1) is 10.2 Å². The number of nitrogens with two attached hydrogens (primary N) is 1. The molecule has 1 aromatic heterocycles. The highest BCUT2D eigenvalue weighted by Crippen LogP contribution is 2.17. The molecule has 0 saturated carbocycles. The fourth-order valence-corrected chi connectivity index (χ4v) is 1.24. The van der Waals surface area contributed by atoms with Gasteiger partial charge < -0.3 is 10.2 Å². The normalized spacial score (nSPS) is 12.7. The SMILES string of the molecule is Cc1nnc(C(N)c2ccccc2)o1. The van der Waals surface area contributed by atoms with E-state index < -0.39 is 0 Å². The van der Waals surface area contributed by atoms with Crippen LogP contribution in [0.3, 0.4) is 0 Å². The van der Waals surface area contributed by atoms with Crippen LogP contribution >= 0.6 is 0 Å². The van der Waals surface area contributed by atoms with Crippen molar-refractivity contribution in [2.45, 2.75) is 13.0 Å². The summed E-state index contributed by atoms with van der Waals surface area (Å²) in [6.45, 7) is 1.74. The zero-order valence-electron chi connectivity index (χ0n) is 7.84. The van der Waals surface area contributed by atoms with Crippen molar-refractivity contribution in [1.82, 2.24) is 10.2 Å². The molecule has 0 saturated heterocycles. The highest BCUT2D eigenvalue weighted by Gasteiger charge is 2.14. The Morgan fingerprint density at radius 3 is 2.50 bits per heavy atom. The van der Waals surface area contributed by atoms with E-state index in [1.54, 1.807) is 6.92 Å². The molecule has 1 heterocycles. The van der Waals surface area contributed by atoms with Crippen molar-refractivity contribution in [1.29, 1.82) is 0 Å². The Balaban J connectivity index is 2.29. The van der Waals surface area contributed by atoms with Crippen molar-refractivity contribution in [3.05, 3.63) is 47.7 Å². The van der Waals surface area contributed by atoms with Crippen molar-refractivity contribution >= 4 is 0 Å². The van der Waals surface area contributed by atoms with E-state index in [1.165, 1.54) is 0 Å². The smallest absolute Gasteiger partial charge is 0.237 e. The second kappa shape index (κ2) is 3.59. The summed E-state index contributed by atoms with van der Waals surface area (Å²) in [5, 5.41) is 7.62. The highest BCUT2D eigenvalue weighted by molar-refractivity contribution is 5.22. The quantitative estimate of drug-likeness (QED) is 0.776. The van der Waals surface area contributed by atoms with Crippen molar-refractivity contribution in [2.24, 2.45) is 5.73 Å².